The van der Waals surface area contributed by atoms with Crippen molar-refractivity contribution in [2.75, 3.05) is 19.6 Å². The summed E-state index contributed by atoms with van der Waals surface area (Å²) in [6.07, 6.45) is 4.46. The highest BCUT2D eigenvalue weighted by Gasteiger charge is 2.34. The summed E-state index contributed by atoms with van der Waals surface area (Å²) in [5.74, 6) is -0.0841. The maximum absolute atomic E-state index is 13.1. The van der Waals surface area contributed by atoms with E-state index in [4.69, 9.17) is 4.74 Å². The van der Waals surface area contributed by atoms with Crippen LogP contribution in [0.4, 0.5) is 0 Å². The third-order valence-electron chi connectivity index (χ3n) is 7.51. The van der Waals surface area contributed by atoms with E-state index in [2.05, 4.69) is 33.4 Å². The van der Waals surface area contributed by atoms with Gasteiger partial charge in [0.1, 0.15) is 12.9 Å². The van der Waals surface area contributed by atoms with Crippen molar-refractivity contribution in [3.63, 3.8) is 0 Å². The van der Waals surface area contributed by atoms with Crippen molar-refractivity contribution in [2.24, 2.45) is 0 Å². The molecule has 9 heteroatoms. The fourth-order valence-corrected chi connectivity index (χ4v) is 5.45. The Morgan fingerprint density at radius 3 is 2.71 bits per heavy atom. The lowest BCUT2D eigenvalue weighted by Gasteiger charge is -2.36. The number of benzene rings is 2. The van der Waals surface area contributed by atoms with E-state index in [0.29, 0.717) is 18.7 Å². The van der Waals surface area contributed by atoms with E-state index in [-0.39, 0.29) is 17.9 Å². The van der Waals surface area contributed by atoms with Crippen molar-refractivity contribution in [1.82, 2.24) is 30.0 Å². The van der Waals surface area contributed by atoms with Gasteiger partial charge in [-0.3, -0.25) is 4.79 Å². The Labute approximate surface area is 197 Å². The van der Waals surface area contributed by atoms with Gasteiger partial charge in [0, 0.05) is 43.3 Å². The SMILES string of the molecule is Cc1c(CCN2CCC(N3Cc4cc(-n5cnnn5)ccc4C3=O)CC2)ccc2c1COC2=O. The molecule has 0 radical (unpaired) electrons. The molecule has 0 unspecified atom stereocenters. The first-order valence-electron chi connectivity index (χ1n) is 11.8. The van der Waals surface area contributed by atoms with E-state index in [1.807, 2.05) is 29.2 Å². The summed E-state index contributed by atoms with van der Waals surface area (Å²) in [5.41, 5.74) is 6.90. The quantitative estimate of drug-likeness (QED) is 0.542. The first-order valence-corrected chi connectivity index (χ1v) is 11.8. The Kier molecular flexibility index (Phi) is 5.13. The molecule has 1 saturated heterocycles. The number of carbonyl (C=O) groups is 2. The Hall–Kier alpha value is -3.59. The molecule has 3 aliphatic rings. The molecule has 0 bridgehead atoms. The van der Waals surface area contributed by atoms with E-state index in [9.17, 15) is 9.59 Å². The Morgan fingerprint density at radius 1 is 1.09 bits per heavy atom. The third-order valence-corrected chi connectivity index (χ3v) is 7.51. The van der Waals surface area contributed by atoms with Gasteiger partial charge in [-0.25, -0.2) is 9.48 Å². The number of nitrogens with zero attached hydrogens (tertiary/aromatic N) is 6. The number of carbonyl (C=O) groups excluding carboxylic acids is 2. The fourth-order valence-electron chi connectivity index (χ4n) is 5.45. The third kappa shape index (κ3) is 3.56. The van der Waals surface area contributed by atoms with Crippen LogP contribution < -0.4 is 0 Å². The highest BCUT2D eigenvalue weighted by Crippen LogP contribution is 2.30. The molecular weight excluding hydrogens is 432 g/mol. The topological polar surface area (TPSA) is 93.5 Å². The lowest BCUT2D eigenvalue weighted by molar-refractivity contribution is 0.0533. The van der Waals surface area contributed by atoms with E-state index < -0.39 is 0 Å². The highest BCUT2D eigenvalue weighted by molar-refractivity contribution is 5.98. The van der Waals surface area contributed by atoms with Crippen LogP contribution in [-0.4, -0.2) is 67.6 Å². The summed E-state index contributed by atoms with van der Waals surface area (Å²) in [6, 6.07) is 10.0. The van der Waals surface area contributed by atoms with Crippen molar-refractivity contribution in [3.05, 3.63) is 70.0 Å². The number of rotatable bonds is 5. The molecule has 9 nitrogen and oxygen atoms in total. The molecule has 3 aromatic rings. The normalized spacial score (nSPS) is 18.3. The molecule has 3 aliphatic heterocycles. The van der Waals surface area contributed by atoms with Crippen molar-refractivity contribution >= 4 is 11.9 Å². The Morgan fingerprint density at radius 2 is 1.91 bits per heavy atom. The summed E-state index contributed by atoms with van der Waals surface area (Å²) < 4.78 is 6.79. The van der Waals surface area contributed by atoms with Crippen LogP contribution in [0.2, 0.25) is 0 Å². The molecular formula is C25H26N6O3. The maximum Gasteiger partial charge on any atom is 0.338 e. The van der Waals surface area contributed by atoms with Crippen LogP contribution in [0.1, 0.15) is 55.8 Å². The van der Waals surface area contributed by atoms with Crippen molar-refractivity contribution < 1.29 is 14.3 Å². The zero-order chi connectivity index (χ0) is 23.2. The number of tetrazole rings is 1. The number of amides is 1. The van der Waals surface area contributed by atoms with Crippen LogP contribution >= 0.6 is 0 Å². The smallest absolute Gasteiger partial charge is 0.338 e. The lowest BCUT2D eigenvalue weighted by Crippen LogP contribution is -2.45. The van der Waals surface area contributed by atoms with E-state index in [1.54, 1.807) is 11.0 Å². The molecule has 0 N–H and O–H groups in total. The maximum atomic E-state index is 13.1. The van der Waals surface area contributed by atoms with Crippen LogP contribution in [0.3, 0.4) is 0 Å². The molecule has 174 valence electrons. The molecule has 2 aromatic carbocycles. The number of ether oxygens (including phenoxy) is 1. The van der Waals surface area contributed by atoms with Crippen LogP contribution in [-0.2, 0) is 24.3 Å². The van der Waals surface area contributed by atoms with Crippen LogP contribution in [0, 0.1) is 6.92 Å². The summed E-state index contributed by atoms with van der Waals surface area (Å²) >= 11 is 0. The molecule has 1 fully saturated rings. The second-order valence-corrected chi connectivity index (χ2v) is 9.30. The lowest BCUT2D eigenvalue weighted by atomic mass is 9.96. The van der Waals surface area contributed by atoms with Gasteiger partial charge < -0.3 is 14.5 Å². The molecule has 0 aliphatic carbocycles. The molecule has 0 saturated carbocycles. The van der Waals surface area contributed by atoms with Crippen LogP contribution in [0.15, 0.2) is 36.7 Å². The largest absolute Gasteiger partial charge is 0.457 e. The predicted molar refractivity (Wildman–Crippen MR) is 122 cm³/mol. The number of esters is 1. The molecule has 34 heavy (non-hydrogen) atoms. The number of hydrogen-bond donors (Lipinski definition) is 0. The Bertz CT molecular complexity index is 1260. The minimum Gasteiger partial charge on any atom is -0.457 e. The summed E-state index contributed by atoms with van der Waals surface area (Å²) in [5, 5.41) is 11.3. The second kappa shape index (κ2) is 8.32. The van der Waals surface area contributed by atoms with E-state index in [0.717, 1.165) is 61.3 Å². The van der Waals surface area contributed by atoms with Gasteiger partial charge in [-0.2, -0.15) is 0 Å². The second-order valence-electron chi connectivity index (χ2n) is 9.30. The standard InChI is InChI=1S/C25H26N6O3/c1-16-17(2-4-22-23(16)14-34-25(22)33)6-9-29-10-7-19(8-11-29)30-13-18-12-20(31-15-26-27-28-31)3-5-21(18)24(30)32/h2-5,12,15,19H,6-11,13-14H2,1H3. The number of cyclic esters (lactones) is 1. The summed E-state index contributed by atoms with van der Waals surface area (Å²) in [7, 11) is 0. The molecule has 0 atom stereocenters. The zero-order valence-corrected chi connectivity index (χ0v) is 19.1. The number of aromatic nitrogens is 4. The molecule has 0 spiro atoms. The van der Waals surface area contributed by atoms with Gasteiger partial charge in [-0.1, -0.05) is 6.07 Å². The molecule has 1 aromatic heterocycles. The molecule has 4 heterocycles. The van der Waals surface area contributed by atoms with Gasteiger partial charge in [0.15, 0.2) is 0 Å². The number of fused-ring (bicyclic) bond motifs is 2. The minimum atomic E-state index is -0.211. The number of likely N-dealkylation sites (tertiary alicyclic amines) is 1. The van der Waals surface area contributed by atoms with Gasteiger partial charge in [0.05, 0.1) is 11.3 Å². The number of piperidine rings is 1. The van der Waals surface area contributed by atoms with Crippen molar-refractivity contribution in [2.45, 2.75) is 45.4 Å². The first kappa shape index (κ1) is 21.0. The van der Waals surface area contributed by atoms with Crippen LogP contribution in [0.25, 0.3) is 5.69 Å². The van der Waals surface area contributed by atoms with Gasteiger partial charge in [0.25, 0.3) is 5.91 Å². The van der Waals surface area contributed by atoms with Crippen molar-refractivity contribution in [3.8, 4) is 5.69 Å². The number of hydrogen-bond acceptors (Lipinski definition) is 7. The van der Waals surface area contributed by atoms with E-state index in [1.165, 1.54) is 11.1 Å². The van der Waals surface area contributed by atoms with Gasteiger partial charge in [-0.05, 0) is 77.6 Å². The average molecular weight is 459 g/mol. The van der Waals surface area contributed by atoms with E-state index >= 15 is 0 Å². The van der Waals surface area contributed by atoms with Gasteiger partial charge in [0.2, 0.25) is 0 Å². The molecule has 1 amide bonds. The zero-order valence-electron chi connectivity index (χ0n) is 19.1. The predicted octanol–water partition coefficient (Wildman–Crippen LogP) is 2.30. The minimum absolute atomic E-state index is 0.127. The van der Waals surface area contributed by atoms with Crippen LogP contribution in [0.5, 0.6) is 0 Å². The fraction of sp³-hybridized carbons (Fsp3) is 0.400. The first-order chi connectivity index (χ1) is 16.6. The highest BCUT2D eigenvalue weighted by atomic mass is 16.5. The average Bonchev–Trinajstić information content (AvgIpc) is 3.59. The Balaban J connectivity index is 1.06. The summed E-state index contributed by atoms with van der Waals surface area (Å²) in [6.45, 7) is 6.06. The van der Waals surface area contributed by atoms with Gasteiger partial charge >= 0.3 is 5.97 Å². The summed E-state index contributed by atoms with van der Waals surface area (Å²) in [4.78, 5) is 29.4. The van der Waals surface area contributed by atoms with Gasteiger partial charge in [-0.15, -0.1) is 5.10 Å². The molecule has 6 rings (SSSR count). The monoisotopic (exact) mass is 458 g/mol. The van der Waals surface area contributed by atoms with Crippen molar-refractivity contribution in [1.29, 1.82) is 0 Å².